The number of halogens is 1. The van der Waals surface area contributed by atoms with Gasteiger partial charge in [-0.25, -0.2) is 4.72 Å². The molecule has 126 valence electrons. The van der Waals surface area contributed by atoms with Gasteiger partial charge in [-0.3, -0.25) is 0 Å². The largest absolute Gasteiger partial charge is 0.313 e. The summed E-state index contributed by atoms with van der Waals surface area (Å²) in [5, 5.41) is 3.48. The van der Waals surface area contributed by atoms with Crippen molar-refractivity contribution < 1.29 is 8.42 Å². The first-order chi connectivity index (χ1) is 9.58. The van der Waals surface area contributed by atoms with Gasteiger partial charge in [-0.2, -0.15) is 12.7 Å². The molecule has 0 aromatic carbocycles. The molecule has 0 aromatic rings. The molecule has 0 spiro atoms. The Balaban J connectivity index is 0.00000220. The fourth-order valence-corrected chi connectivity index (χ4v) is 3.80. The van der Waals surface area contributed by atoms with Gasteiger partial charge in [0.05, 0.1) is 0 Å². The second-order valence-electron chi connectivity index (χ2n) is 6.27. The van der Waals surface area contributed by atoms with E-state index in [4.69, 9.17) is 0 Å². The summed E-state index contributed by atoms with van der Waals surface area (Å²) < 4.78 is 28.1. The Hall–Kier alpha value is 0.120. The molecule has 0 radical (unpaired) electrons. The molecule has 0 unspecified atom stereocenters. The first kappa shape index (κ1) is 19.2. The summed E-state index contributed by atoms with van der Waals surface area (Å²) in [7, 11) is -1.62. The van der Waals surface area contributed by atoms with Gasteiger partial charge in [0.25, 0.3) is 10.2 Å². The van der Waals surface area contributed by atoms with Gasteiger partial charge in [0.2, 0.25) is 0 Å². The monoisotopic (exact) mass is 339 g/mol. The van der Waals surface area contributed by atoms with Crippen LogP contribution < -0.4 is 10.0 Å². The molecule has 2 N–H and O–H groups in total. The van der Waals surface area contributed by atoms with E-state index in [1.165, 1.54) is 55.7 Å². The van der Waals surface area contributed by atoms with Crippen LogP contribution in [0.1, 0.15) is 51.4 Å². The number of nitrogens with zero attached hydrogens (tertiary/aromatic N) is 1. The standard InChI is InChI=1S/C14H29N3O2S.ClH/c1-17(12-13-8-9-13)20(18,19)16-11-10-15-14-6-4-2-3-5-7-14;/h13-16H,2-12H2,1H3;1H. The van der Waals surface area contributed by atoms with Crippen LogP contribution in [0, 0.1) is 5.92 Å². The fourth-order valence-electron chi connectivity index (χ4n) is 2.81. The molecule has 2 aliphatic carbocycles. The average Bonchev–Trinajstić information content (AvgIpc) is 3.21. The van der Waals surface area contributed by atoms with Crippen LogP contribution in [-0.4, -0.2) is 45.4 Å². The highest BCUT2D eigenvalue weighted by molar-refractivity contribution is 7.87. The SMILES string of the molecule is CN(CC1CC1)S(=O)(=O)NCCNC1CCCCCC1.Cl. The summed E-state index contributed by atoms with van der Waals surface area (Å²) in [6.07, 6.45) is 10.1. The van der Waals surface area contributed by atoms with Crippen LogP contribution in [0.4, 0.5) is 0 Å². The van der Waals surface area contributed by atoms with E-state index in [2.05, 4.69) is 10.0 Å². The van der Waals surface area contributed by atoms with Crippen molar-refractivity contribution in [3.63, 3.8) is 0 Å². The Kier molecular flexibility index (Phi) is 8.49. The summed E-state index contributed by atoms with van der Waals surface area (Å²) in [4.78, 5) is 0. The van der Waals surface area contributed by atoms with Gasteiger partial charge in [-0.1, -0.05) is 25.7 Å². The van der Waals surface area contributed by atoms with Gasteiger partial charge in [0, 0.05) is 32.7 Å². The summed E-state index contributed by atoms with van der Waals surface area (Å²) in [5.41, 5.74) is 0. The molecule has 0 aliphatic heterocycles. The van der Waals surface area contributed by atoms with Crippen molar-refractivity contribution in [2.75, 3.05) is 26.7 Å². The van der Waals surface area contributed by atoms with E-state index in [-0.39, 0.29) is 12.4 Å². The molecule has 2 rings (SSSR count). The van der Waals surface area contributed by atoms with Crippen molar-refractivity contribution in [3.05, 3.63) is 0 Å². The predicted molar refractivity (Wildman–Crippen MR) is 89.0 cm³/mol. The maximum Gasteiger partial charge on any atom is 0.279 e. The lowest BCUT2D eigenvalue weighted by molar-refractivity contribution is 0.434. The summed E-state index contributed by atoms with van der Waals surface area (Å²) in [6.45, 7) is 1.86. The van der Waals surface area contributed by atoms with E-state index in [9.17, 15) is 8.42 Å². The summed E-state index contributed by atoms with van der Waals surface area (Å²) in [5.74, 6) is 0.584. The molecular formula is C14H30ClN3O2S. The second-order valence-corrected chi connectivity index (χ2v) is 8.13. The molecule has 2 saturated carbocycles. The third-order valence-electron chi connectivity index (χ3n) is 4.32. The third kappa shape index (κ3) is 7.28. The van der Waals surface area contributed by atoms with Gasteiger partial charge in [0.1, 0.15) is 0 Å². The van der Waals surface area contributed by atoms with Crippen LogP contribution in [0.5, 0.6) is 0 Å². The zero-order valence-corrected chi connectivity index (χ0v) is 14.6. The first-order valence-electron chi connectivity index (χ1n) is 8.02. The molecule has 0 aromatic heterocycles. The highest BCUT2D eigenvalue weighted by atomic mass is 35.5. The lowest BCUT2D eigenvalue weighted by atomic mass is 10.1. The van der Waals surface area contributed by atoms with E-state index in [0.29, 0.717) is 25.0 Å². The molecule has 21 heavy (non-hydrogen) atoms. The van der Waals surface area contributed by atoms with Crippen molar-refractivity contribution in [1.82, 2.24) is 14.3 Å². The van der Waals surface area contributed by atoms with Gasteiger partial charge in [-0.15, -0.1) is 12.4 Å². The first-order valence-corrected chi connectivity index (χ1v) is 9.46. The highest BCUT2D eigenvalue weighted by Gasteiger charge is 2.27. The molecular weight excluding hydrogens is 310 g/mol. The zero-order chi connectivity index (χ0) is 14.4. The van der Waals surface area contributed by atoms with Crippen molar-refractivity contribution >= 4 is 22.6 Å². The normalized spacial score (nSPS) is 21.0. The van der Waals surface area contributed by atoms with Crippen molar-refractivity contribution in [2.24, 2.45) is 5.92 Å². The topological polar surface area (TPSA) is 61.4 Å². The van der Waals surface area contributed by atoms with Crippen molar-refractivity contribution in [1.29, 1.82) is 0 Å². The Morgan fingerprint density at radius 1 is 1.00 bits per heavy atom. The predicted octanol–water partition coefficient (Wildman–Crippen LogP) is 1.90. The Morgan fingerprint density at radius 2 is 1.62 bits per heavy atom. The zero-order valence-electron chi connectivity index (χ0n) is 13.0. The lowest BCUT2D eigenvalue weighted by Crippen LogP contribution is -2.43. The number of nitrogens with one attached hydrogen (secondary N) is 2. The summed E-state index contributed by atoms with van der Waals surface area (Å²) >= 11 is 0. The molecule has 7 heteroatoms. The molecule has 0 saturated heterocycles. The van der Waals surface area contributed by atoms with E-state index in [0.717, 1.165) is 6.54 Å². The van der Waals surface area contributed by atoms with Gasteiger partial charge in [0.15, 0.2) is 0 Å². The quantitative estimate of drug-likeness (QED) is 0.524. The molecule has 0 atom stereocenters. The van der Waals surface area contributed by atoms with Crippen molar-refractivity contribution in [3.8, 4) is 0 Å². The number of hydrogen-bond acceptors (Lipinski definition) is 3. The number of rotatable bonds is 8. The molecule has 2 fully saturated rings. The minimum atomic E-state index is -3.28. The van der Waals surface area contributed by atoms with Crippen LogP contribution in [-0.2, 0) is 10.2 Å². The Bertz CT molecular complexity index is 380. The smallest absolute Gasteiger partial charge is 0.279 e. The molecule has 0 heterocycles. The van der Waals surface area contributed by atoms with E-state index in [1.807, 2.05) is 0 Å². The maximum atomic E-state index is 12.0. The van der Waals surface area contributed by atoms with Crippen LogP contribution >= 0.6 is 12.4 Å². The van der Waals surface area contributed by atoms with Crippen LogP contribution in [0.25, 0.3) is 0 Å². The van der Waals surface area contributed by atoms with E-state index < -0.39 is 10.2 Å². The number of hydrogen-bond donors (Lipinski definition) is 2. The third-order valence-corrected chi connectivity index (χ3v) is 5.86. The van der Waals surface area contributed by atoms with Gasteiger partial charge >= 0.3 is 0 Å². The minimum absolute atomic E-state index is 0. The van der Waals surface area contributed by atoms with E-state index in [1.54, 1.807) is 7.05 Å². The fraction of sp³-hybridized carbons (Fsp3) is 1.00. The van der Waals surface area contributed by atoms with Gasteiger partial charge < -0.3 is 5.32 Å². The molecule has 2 aliphatic rings. The Labute approximate surface area is 135 Å². The van der Waals surface area contributed by atoms with Crippen LogP contribution in [0.2, 0.25) is 0 Å². The summed E-state index contributed by atoms with van der Waals surface area (Å²) in [6, 6.07) is 0.575. The lowest BCUT2D eigenvalue weighted by Gasteiger charge is -2.19. The highest BCUT2D eigenvalue weighted by Crippen LogP contribution is 2.29. The molecule has 0 bridgehead atoms. The maximum absolute atomic E-state index is 12.0. The Morgan fingerprint density at radius 3 is 2.19 bits per heavy atom. The second kappa shape index (κ2) is 9.30. The average molecular weight is 340 g/mol. The van der Waals surface area contributed by atoms with Gasteiger partial charge in [-0.05, 0) is 31.6 Å². The van der Waals surface area contributed by atoms with Crippen LogP contribution in [0.15, 0.2) is 0 Å². The van der Waals surface area contributed by atoms with Crippen LogP contribution in [0.3, 0.4) is 0 Å². The van der Waals surface area contributed by atoms with E-state index >= 15 is 0 Å². The molecule has 0 amide bonds. The molecule has 5 nitrogen and oxygen atoms in total. The minimum Gasteiger partial charge on any atom is -0.313 e. The van der Waals surface area contributed by atoms with Crippen molar-refractivity contribution in [2.45, 2.75) is 57.4 Å².